The molecule has 0 aliphatic carbocycles. The van der Waals surface area contributed by atoms with Crippen LogP contribution in [-0.4, -0.2) is 4.98 Å². The first-order chi connectivity index (χ1) is 7.95. The molecular weight excluding hydrogens is 315 g/mol. The van der Waals surface area contributed by atoms with Gasteiger partial charge in [-0.1, -0.05) is 18.2 Å². The van der Waals surface area contributed by atoms with Crippen LogP contribution in [0.2, 0.25) is 0 Å². The highest BCUT2D eigenvalue weighted by atomic mass is 79.9. The third-order valence-corrected chi connectivity index (χ3v) is 3.63. The van der Waals surface area contributed by atoms with Gasteiger partial charge in [-0.2, -0.15) is 13.2 Å². The first-order valence-electron chi connectivity index (χ1n) is 4.71. The van der Waals surface area contributed by atoms with Crippen molar-refractivity contribution >= 4 is 27.3 Å². The van der Waals surface area contributed by atoms with Crippen molar-refractivity contribution in [2.24, 2.45) is 0 Å². The number of hydrogen-bond donors (Lipinski definition) is 0. The summed E-state index contributed by atoms with van der Waals surface area (Å²) in [5.74, 6) is 0. The van der Waals surface area contributed by atoms with Gasteiger partial charge >= 0.3 is 6.18 Å². The van der Waals surface area contributed by atoms with E-state index in [9.17, 15) is 13.2 Å². The van der Waals surface area contributed by atoms with Crippen molar-refractivity contribution in [1.82, 2.24) is 4.98 Å². The molecule has 0 amide bonds. The Morgan fingerprint density at radius 1 is 1.29 bits per heavy atom. The van der Waals surface area contributed by atoms with E-state index in [1.165, 1.54) is 23.5 Å². The molecule has 2 aromatic rings. The molecule has 17 heavy (non-hydrogen) atoms. The number of benzene rings is 1. The number of nitrogens with zero attached hydrogens (tertiary/aromatic N) is 1. The number of rotatable bonds is 2. The Morgan fingerprint density at radius 2 is 2.06 bits per heavy atom. The summed E-state index contributed by atoms with van der Waals surface area (Å²) in [5, 5.41) is 0. The first-order valence-corrected chi connectivity index (χ1v) is 6.32. The number of aromatic nitrogens is 1. The average Bonchev–Trinajstić information content (AvgIpc) is 2.63. The van der Waals surface area contributed by atoms with Crippen molar-refractivity contribution in [1.29, 1.82) is 0 Å². The predicted molar refractivity (Wildman–Crippen MR) is 64.1 cm³/mol. The highest BCUT2D eigenvalue weighted by molar-refractivity contribution is 9.11. The average molecular weight is 322 g/mol. The SMILES string of the molecule is FC(F)(F)c1cccc(Cc2cnc(Br)s2)c1. The molecule has 0 saturated carbocycles. The fourth-order valence-corrected chi connectivity index (χ4v) is 2.82. The Kier molecular flexibility index (Phi) is 3.53. The van der Waals surface area contributed by atoms with E-state index in [1.807, 2.05) is 0 Å². The van der Waals surface area contributed by atoms with Crippen LogP contribution in [0.1, 0.15) is 16.0 Å². The second kappa shape index (κ2) is 4.78. The minimum absolute atomic E-state index is 0.465. The van der Waals surface area contributed by atoms with E-state index in [0.717, 1.165) is 14.9 Å². The Morgan fingerprint density at radius 3 is 2.65 bits per heavy atom. The van der Waals surface area contributed by atoms with Crippen molar-refractivity contribution in [3.63, 3.8) is 0 Å². The molecule has 90 valence electrons. The highest BCUT2D eigenvalue weighted by Gasteiger charge is 2.30. The Balaban J connectivity index is 2.22. The summed E-state index contributed by atoms with van der Waals surface area (Å²) in [7, 11) is 0. The molecule has 1 aromatic carbocycles. The lowest BCUT2D eigenvalue weighted by atomic mass is 10.1. The first kappa shape index (κ1) is 12.6. The van der Waals surface area contributed by atoms with Gasteiger partial charge < -0.3 is 0 Å². The van der Waals surface area contributed by atoms with Crippen molar-refractivity contribution in [2.45, 2.75) is 12.6 Å². The summed E-state index contributed by atoms with van der Waals surface area (Å²) < 4.78 is 38.2. The Hall–Kier alpha value is -0.880. The highest BCUT2D eigenvalue weighted by Crippen LogP contribution is 2.30. The summed E-state index contributed by atoms with van der Waals surface area (Å²) >= 11 is 4.64. The molecule has 0 atom stereocenters. The molecule has 0 unspecified atom stereocenters. The van der Waals surface area contributed by atoms with E-state index < -0.39 is 11.7 Å². The van der Waals surface area contributed by atoms with Crippen LogP contribution in [0.5, 0.6) is 0 Å². The minimum atomic E-state index is -4.29. The maximum atomic E-state index is 12.5. The summed E-state index contributed by atoms with van der Waals surface area (Å²) in [5.41, 5.74) is 0.0227. The molecule has 0 N–H and O–H groups in total. The molecule has 0 aliphatic rings. The number of thiazole rings is 1. The van der Waals surface area contributed by atoms with Crippen LogP contribution in [0.4, 0.5) is 13.2 Å². The molecule has 0 spiro atoms. The molecule has 0 saturated heterocycles. The van der Waals surface area contributed by atoms with Gasteiger partial charge in [0.1, 0.15) is 0 Å². The van der Waals surface area contributed by atoms with E-state index in [2.05, 4.69) is 20.9 Å². The molecule has 1 heterocycles. The topological polar surface area (TPSA) is 12.9 Å². The van der Waals surface area contributed by atoms with Crippen molar-refractivity contribution in [3.05, 3.63) is 50.4 Å². The fraction of sp³-hybridized carbons (Fsp3) is 0.182. The van der Waals surface area contributed by atoms with E-state index >= 15 is 0 Å². The molecular formula is C11H7BrF3NS. The molecule has 0 fully saturated rings. The zero-order valence-electron chi connectivity index (χ0n) is 8.46. The maximum absolute atomic E-state index is 12.5. The number of halogens is 4. The van der Waals surface area contributed by atoms with Crippen LogP contribution < -0.4 is 0 Å². The smallest absolute Gasteiger partial charge is 0.237 e. The largest absolute Gasteiger partial charge is 0.416 e. The van der Waals surface area contributed by atoms with Crippen LogP contribution in [0.15, 0.2) is 34.4 Å². The molecule has 1 aromatic heterocycles. The zero-order chi connectivity index (χ0) is 12.5. The van der Waals surface area contributed by atoms with Crippen molar-refractivity contribution < 1.29 is 13.2 Å². The monoisotopic (exact) mass is 321 g/mol. The zero-order valence-corrected chi connectivity index (χ0v) is 10.9. The fourth-order valence-electron chi connectivity index (χ4n) is 1.42. The summed E-state index contributed by atoms with van der Waals surface area (Å²) in [6.07, 6.45) is -2.16. The van der Waals surface area contributed by atoms with Gasteiger partial charge in [-0.05, 0) is 27.6 Å². The van der Waals surface area contributed by atoms with Crippen LogP contribution in [-0.2, 0) is 12.6 Å². The summed E-state index contributed by atoms with van der Waals surface area (Å²) in [6, 6.07) is 5.36. The van der Waals surface area contributed by atoms with Crippen LogP contribution in [0.3, 0.4) is 0 Å². The lowest BCUT2D eigenvalue weighted by Gasteiger charge is -2.07. The van der Waals surface area contributed by atoms with Crippen molar-refractivity contribution in [3.8, 4) is 0 Å². The lowest BCUT2D eigenvalue weighted by molar-refractivity contribution is -0.137. The molecule has 0 bridgehead atoms. The second-order valence-electron chi connectivity index (χ2n) is 3.45. The predicted octanol–water partition coefficient (Wildman–Crippen LogP) is 4.52. The van der Waals surface area contributed by atoms with Crippen LogP contribution >= 0.6 is 27.3 Å². The Labute approximate surface area is 108 Å². The van der Waals surface area contributed by atoms with Gasteiger partial charge in [-0.3, -0.25) is 0 Å². The van der Waals surface area contributed by atoms with Gasteiger partial charge in [-0.15, -0.1) is 11.3 Å². The third-order valence-electron chi connectivity index (χ3n) is 2.16. The number of alkyl halides is 3. The van der Waals surface area contributed by atoms with Crippen LogP contribution in [0.25, 0.3) is 0 Å². The van der Waals surface area contributed by atoms with Crippen LogP contribution in [0, 0.1) is 0 Å². The normalized spacial score (nSPS) is 11.8. The van der Waals surface area contributed by atoms with E-state index in [0.29, 0.717) is 12.0 Å². The van der Waals surface area contributed by atoms with Gasteiger partial charge in [0.15, 0.2) is 3.92 Å². The van der Waals surface area contributed by atoms with E-state index in [1.54, 1.807) is 12.3 Å². The minimum Gasteiger partial charge on any atom is -0.237 e. The standard InChI is InChI=1S/C11H7BrF3NS/c12-10-16-6-9(17-10)5-7-2-1-3-8(4-7)11(13,14)15/h1-4,6H,5H2. The van der Waals surface area contributed by atoms with Crippen molar-refractivity contribution in [2.75, 3.05) is 0 Å². The Bertz CT molecular complexity index is 521. The maximum Gasteiger partial charge on any atom is 0.416 e. The van der Waals surface area contributed by atoms with E-state index in [4.69, 9.17) is 0 Å². The second-order valence-corrected chi connectivity index (χ2v) is 5.85. The van der Waals surface area contributed by atoms with Gasteiger partial charge in [0.25, 0.3) is 0 Å². The molecule has 6 heteroatoms. The quantitative estimate of drug-likeness (QED) is 0.792. The third kappa shape index (κ3) is 3.29. The molecule has 1 nitrogen and oxygen atoms in total. The summed E-state index contributed by atoms with van der Waals surface area (Å²) in [6.45, 7) is 0. The molecule has 0 aliphatic heterocycles. The van der Waals surface area contributed by atoms with Gasteiger partial charge in [0, 0.05) is 17.5 Å². The van der Waals surface area contributed by atoms with Gasteiger partial charge in [0.05, 0.1) is 5.56 Å². The van der Waals surface area contributed by atoms with Gasteiger partial charge in [-0.25, -0.2) is 4.98 Å². The number of hydrogen-bond acceptors (Lipinski definition) is 2. The lowest BCUT2D eigenvalue weighted by Crippen LogP contribution is -2.05. The van der Waals surface area contributed by atoms with Gasteiger partial charge in [0.2, 0.25) is 0 Å². The molecule has 0 radical (unpaired) electrons. The molecule has 2 rings (SSSR count). The summed E-state index contributed by atoms with van der Waals surface area (Å²) in [4.78, 5) is 4.92. The van der Waals surface area contributed by atoms with E-state index in [-0.39, 0.29) is 0 Å².